The molecule has 0 aliphatic carbocycles. The van der Waals surface area contributed by atoms with Crippen molar-refractivity contribution in [2.75, 3.05) is 39.8 Å². The van der Waals surface area contributed by atoms with Gasteiger partial charge in [0, 0.05) is 57.6 Å². The van der Waals surface area contributed by atoms with Crippen LogP contribution in [0.4, 0.5) is 4.79 Å². The van der Waals surface area contributed by atoms with E-state index in [1.54, 1.807) is 27.8 Å². The quantitative estimate of drug-likeness (QED) is 0.797. The molecule has 27 heavy (non-hydrogen) atoms. The van der Waals surface area contributed by atoms with E-state index in [9.17, 15) is 14.4 Å². The summed E-state index contributed by atoms with van der Waals surface area (Å²) in [5, 5.41) is 10.4. The maximum absolute atomic E-state index is 13.0. The molecule has 4 amide bonds. The van der Waals surface area contributed by atoms with Crippen LogP contribution < -0.4 is 5.32 Å². The number of urea groups is 1. The van der Waals surface area contributed by atoms with Crippen LogP contribution in [0.25, 0.3) is 0 Å². The molecule has 0 unspecified atom stereocenters. The number of likely N-dealkylation sites (tertiary alicyclic amines) is 1. The van der Waals surface area contributed by atoms with E-state index >= 15 is 0 Å². The second-order valence-corrected chi connectivity index (χ2v) is 7.81. The summed E-state index contributed by atoms with van der Waals surface area (Å²) in [4.78, 5) is 42.9. The van der Waals surface area contributed by atoms with Crippen LogP contribution in [0.15, 0.2) is 18.5 Å². The van der Waals surface area contributed by atoms with Crippen LogP contribution in [0, 0.1) is 5.41 Å². The average Bonchev–Trinajstić information content (AvgIpc) is 2.79. The lowest BCUT2D eigenvalue weighted by atomic mass is 9.86. The molecule has 3 heterocycles. The topological polar surface area (TPSA) is 98.7 Å². The van der Waals surface area contributed by atoms with Crippen molar-refractivity contribution in [1.82, 2.24) is 30.2 Å². The van der Waals surface area contributed by atoms with Crippen molar-refractivity contribution in [2.45, 2.75) is 26.3 Å². The fourth-order valence-corrected chi connectivity index (χ4v) is 3.86. The van der Waals surface area contributed by atoms with Crippen molar-refractivity contribution >= 4 is 17.8 Å². The molecule has 1 aromatic rings. The zero-order valence-electron chi connectivity index (χ0n) is 16.0. The van der Waals surface area contributed by atoms with Crippen LogP contribution in [0.3, 0.4) is 0 Å². The molecule has 0 bridgehead atoms. The van der Waals surface area contributed by atoms with Crippen LogP contribution >= 0.6 is 0 Å². The van der Waals surface area contributed by atoms with E-state index in [-0.39, 0.29) is 23.9 Å². The fraction of sp³-hybridized carbons (Fsp3) is 0.611. The Labute approximate surface area is 158 Å². The van der Waals surface area contributed by atoms with Gasteiger partial charge >= 0.3 is 6.03 Å². The number of nitrogens with one attached hydrogen (secondary N) is 1. The fourth-order valence-electron chi connectivity index (χ4n) is 3.86. The highest BCUT2D eigenvalue weighted by atomic mass is 16.2. The first kappa shape index (κ1) is 19.1. The van der Waals surface area contributed by atoms with Gasteiger partial charge in [0.15, 0.2) is 0 Å². The standard InChI is InChI=1S/C18H26N6O3/c1-13(2)21-17(27)24-7-6-23(16(26)14-4-5-19-20-9-14)11-18(12-24)8-15(25)22(3)10-18/h4-5,9,13H,6-8,10-12H2,1-3H3,(H,21,27)/t18-/m1/s1. The molecular formula is C18H26N6O3. The molecule has 9 nitrogen and oxygen atoms in total. The van der Waals surface area contributed by atoms with E-state index < -0.39 is 5.41 Å². The van der Waals surface area contributed by atoms with Gasteiger partial charge in [-0.2, -0.15) is 10.2 Å². The number of aromatic nitrogens is 2. The molecule has 1 N–H and O–H groups in total. The lowest BCUT2D eigenvalue weighted by Crippen LogP contribution is -2.49. The van der Waals surface area contributed by atoms with Gasteiger partial charge in [0.2, 0.25) is 5.91 Å². The first-order chi connectivity index (χ1) is 12.8. The van der Waals surface area contributed by atoms with E-state index in [0.29, 0.717) is 44.7 Å². The second-order valence-electron chi connectivity index (χ2n) is 7.81. The van der Waals surface area contributed by atoms with Crippen molar-refractivity contribution in [1.29, 1.82) is 0 Å². The van der Waals surface area contributed by atoms with Crippen LogP contribution in [-0.2, 0) is 4.79 Å². The summed E-state index contributed by atoms with van der Waals surface area (Å²) in [5.41, 5.74) is -0.00911. The largest absolute Gasteiger partial charge is 0.345 e. The molecule has 0 aromatic carbocycles. The van der Waals surface area contributed by atoms with E-state index in [2.05, 4.69) is 15.5 Å². The number of hydrogen-bond donors (Lipinski definition) is 1. The smallest absolute Gasteiger partial charge is 0.317 e. The van der Waals surface area contributed by atoms with Gasteiger partial charge in [-0.25, -0.2) is 4.79 Å². The van der Waals surface area contributed by atoms with Crippen molar-refractivity contribution in [3.05, 3.63) is 24.0 Å². The van der Waals surface area contributed by atoms with Gasteiger partial charge in [-0.15, -0.1) is 0 Å². The molecule has 3 rings (SSSR count). The summed E-state index contributed by atoms with van der Waals surface area (Å²) in [7, 11) is 1.76. The van der Waals surface area contributed by atoms with Crippen molar-refractivity contribution in [2.24, 2.45) is 5.41 Å². The first-order valence-electron chi connectivity index (χ1n) is 9.15. The van der Waals surface area contributed by atoms with E-state index in [4.69, 9.17) is 0 Å². The van der Waals surface area contributed by atoms with Gasteiger partial charge in [-0.1, -0.05) is 0 Å². The predicted octanol–water partition coefficient (Wildman–Crippen LogP) is 0.201. The highest BCUT2D eigenvalue weighted by Crippen LogP contribution is 2.34. The van der Waals surface area contributed by atoms with E-state index in [1.165, 1.54) is 12.4 Å². The number of carbonyl (C=O) groups is 3. The number of hydrogen-bond acceptors (Lipinski definition) is 5. The van der Waals surface area contributed by atoms with E-state index in [1.807, 2.05) is 13.8 Å². The molecule has 1 spiro atoms. The highest BCUT2D eigenvalue weighted by Gasteiger charge is 2.47. The molecule has 0 saturated carbocycles. The molecule has 1 aromatic heterocycles. The average molecular weight is 374 g/mol. The number of amides is 4. The van der Waals surface area contributed by atoms with Gasteiger partial charge < -0.3 is 20.0 Å². The van der Waals surface area contributed by atoms with Crippen LogP contribution in [0.5, 0.6) is 0 Å². The Morgan fingerprint density at radius 2 is 1.85 bits per heavy atom. The molecule has 146 valence electrons. The lowest BCUT2D eigenvalue weighted by molar-refractivity contribution is -0.126. The number of carbonyl (C=O) groups excluding carboxylic acids is 3. The molecule has 9 heteroatoms. The summed E-state index contributed by atoms with van der Waals surface area (Å²) in [6.07, 6.45) is 3.25. The molecular weight excluding hydrogens is 348 g/mol. The Morgan fingerprint density at radius 3 is 2.44 bits per heavy atom. The van der Waals surface area contributed by atoms with Crippen molar-refractivity contribution in [3.63, 3.8) is 0 Å². The maximum Gasteiger partial charge on any atom is 0.317 e. The third-order valence-electron chi connectivity index (χ3n) is 5.03. The molecule has 2 fully saturated rings. The number of rotatable bonds is 2. The summed E-state index contributed by atoms with van der Waals surface area (Å²) < 4.78 is 0. The van der Waals surface area contributed by atoms with Crippen LogP contribution in [-0.4, -0.2) is 88.6 Å². The van der Waals surface area contributed by atoms with Crippen molar-refractivity contribution in [3.8, 4) is 0 Å². The third-order valence-corrected chi connectivity index (χ3v) is 5.03. The maximum atomic E-state index is 13.0. The monoisotopic (exact) mass is 374 g/mol. The Bertz CT molecular complexity index is 725. The van der Waals surface area contributed by atoms with Gasteiger partial charge in [0.1, 0.15) is 0 Å². The number of nitrogens with zero attached hydrogens (tertiary/aromatic N) is 5. The minimum Gasteiger partial charge on any atom is -0.345 e. The lowest BCUT2D eigenvalue weighted by Gasteiger charge is -2.33. The second kappa shape index (κ2) is 7.50. The van der Waals surface area contributed by atoms with E-state index in [0.717, 1.165) is 0 Å². The molecule has 2 aliphatic rings. The predicted molar refractivity (Wildman–Crippen MR) is 97.9 cm³/mol. The minimum atomic E-state index is -0.466. The van der Waals surface area contributed by atoms with Gasteiger partial charge in [0.05, 0.1) is 18.0 Å². The minimum absolute atomic E-state index is 0.0187. The zero-order chi connectivity index (χ0) is 19.6. The summed E-state index contributed by atoms with van der Waals surface area (Å²) in [6.45, 7) is 6.04. The molecule has 0 radical (unpaired) electrons. The van der Waals surface area contributed by atoms with Crippen LogP contribution in [0.1, 0.15) is 30.6 Å². The Morgan fingerprint density at radius 1 is 1.15 bits per heavy atom. The van der Waals surface area contributed by atoms with Gasteiger partial charge in [-0.05, 0) is 19.9 Å². The van der Waals surface area contributed by atoms with Crippen molar-refractivity contribution < 1.29 is 14.4 Å². The normalized spacial score (nSPS) is 23.1. The highest BCUT2D eigenvalue weighted by molar-refractivity contribution is 5.94. The zero-order valence-corrected chi connectivity index (χ0v) is 16.0. The Balaban J connectivity index is 1.85. The summed E-state index contributed by atoms with van der Waals surface area (Å²) in [5.74, 6) is -0.114. The molecule has 2 aliphatic heterocycles. The molecule has 2 saturated heterocycles. The Hall–Kier alpha value is -2.71. The molecule has 1 atom stereocenters. The summed E-state index contributed by atoms with van der Waals surface area (Å²) >= 11 is 0. The third kappa shape index (κ3) is 4.17. The Kier molecular flexibility index (Phi) is 5.29. The first-order valence-corrected chi connectivity index (χ1v) is 9.15. The van der Waals surface area contributed by atoms with Crippen LogP contribution in [0.2, 0.25) is 0 Å². The SMILES string of the molecule is CC(C)NC(=O)N1CCN(C(=O)c2ccnnc2)C[C@]2(CC(=O)N(C)C2)C1. The summed E-state index contributed by atoms with van der Waals surface area (Å²) in [6, 6.07) is 1.48. The van der Waals surface area contributed by atoms with Gasteiger partial charge in [0.25, 0.3) is 5.91 Å². The van der Waals surface area contributed by atoms with Gasteiger partial charge in [-0.3, -0.25) is 9.59 Å².